The maximum Gasteiger partial charge on any atom is 0.142 e. The summed E-state index contributed by atoms with van der Waals surface area (Å²) in [6.45, 7) is 1.55. The highest BCUT2D eigenvalue weighted by Gasteiger charge is 2.14. The van der Waals surface area contributed by atoms with E-state index in [2.05, 4.69) is 59.2 Å². The van der Waals surface area contributed by atoms with E-state index >= 15 is 0 Å². The zero-order chi connectivity index (χ0) is 21.0. The van der Waals surface area contributed by atoms with Crippen LogP contribution in [0.1, 0.15) is 12.8 Å². The van der Waals surface area contributed by atoms with Crippen LogP contribution < -0.4 is 4.74 Å². The van der Waals surface area contributed by atoms with Crippen molar-refractivity contribution in [2.45, 2.75) is 19.4 Å². The molecule has 154 valence electrons. The monoisotopic (exact) mass is 426 g/mol. The molecule has 0 bridgehead atoms. The molecule has 4 aromatic carbocycles. The summed E-state index contributed by atoms with van der Waals surface area (Å²) in [7, 11) is 0. The minimum absolute atomic E-state index is 0.687. The number of ether oxygens (including phenoxy) is 1. The first-order chi connectivity index (χ1) is 15.3. The van der Waals surface area contributed by atoms with Crippen molar-refractivity contribution in [3.05, 3.63) is 96.0 Å². The van der Waals surface area contributed by atoms with Gasteiger partial charge in [0.1, 0.15) is 11.6 Å². The topological polar surface area (TPSA) is 27.1 Å². The van der Waals surface area contributed by atoms with E-state index in [0.717, 1.165) is 52.6 Å². The Kier molecular flexibility index (Phi) is 5.59. The van der Waals surface area contributed by atoms with E-state index in [1.165, 1.54) is 10.8 Å². The molecule has 0 aliphatic carbocycles. The first-order valence-electron chi connectivity index (χ1n) is 10.6. The molecule has 3 nitrogen and oxygen atoms in total. The van der Waals surface area contributed by atoms with Gasteiger partial charge in [-0.05, 0) is 60.0 Å². The van der Waals surface area contributed by atoms with Crippen LogP contribution in [-0.2, 0) is 6.54 Å². The van der Waals surface area contributed by atoms with Crippen molar-refractivity contribution in [1.82, 2.24) is 9.55 Å². The highest BCUT2D eigenvalue weighted by Crippen LogP contribution is 2.30. The van der Waals surface area contributed by atoms with Crippen molar-refractivity contribution < 1.29 is 4.74 Å². The molecule has 0 saturated heterocycles. The molecule has 0 saturated carbocycles. The Morgan fingerprint density at radius 2 is 1.55 bits per heavy atom. The van der Waals surface area contributed by atoms with Crippen molar-refractivity contribution in [3.63, 3.8) is 0 Å². The summed E-state index contributed by atoms with van der Waals surface area (Å²) in [5, 5.41) is 3.15. The summed E-state index contributed by atoms with van der Waals surface area (Å²) >= 11 is 6.48. The smallest absolute Gasteiger partial charge is 0.142 e. The normalized spacial score (nSPS) is 11.3. The second-order valence-electron chi connectivity index (χ2n) is 7.62. The molecule has 1 heterocycles. The Bertz CT molecular complexity index is 1340. The Balaban J connectivity index is 1.28. The average molecular weight is 427 g/mol. The zero-order valence-corrected chi connectivity index (χ0v) is 17.9. The molecule has 0 unspecified atom stereocenters. The first-order valence-corrected chi connectivity index (χ1v) is 11.0. The summed E-state index contributed by atoms with van der Waals surface area (Å²) in [6, 6.07) is 30.7. The van der Waals surface area contributed by atoms with E-state index in [4.69, 9.17) is 21.3 Å². The summed E-state index contributed by atoms with van der Waals surface area (Å²) in [4.78, 5) is 4.87. The average Bonchev–Trinajstić information content (AvgIpc) is 3.17. The fourth-order valence-electron chi connectivity index (χ4n) is 3.97. The first kappa shape index (κ1) is 19.7. The number of unbranched alkanes of at least 4 members (excludes halogenated alkanes) is 1. The zero-order valence-electron chi connectivity index (χ0n) is 17.2. The minimum Gasteiger partial charge on any atom is -0.494 e. The van der Waals surface area contributed by atoms with Crippen molar-refractivity contribution >= 4 is 33.4 Å². The van der Waals surface area contributed by atoms with E-state index in [9.17, 15) is 0 Å². The molecule has 4 heteroatoms. The van der Waals surface area contributed by atoms with Gasteiger partial charge in [0.25, 0.3) is 0 Å². The molecule has 0 aliphatic heterocycles. The maximum atomic E-state index is 6.48. The number of halogens is 1. The maximum absolute atomic E-state index is 6.48. The number of benzene rings is 4. The van der Waals surface area contributed by atoms with Gasteiger partial charge in [-0.1, -0.05) is 66.2 Å². The lowest BCUT2D eigenvalue weighted by molar-refractivity contribution is 0.304. The molecule has 0 fully saturated rings. The lowest BCUT2D eigenvalue weighted by Crippen LogP contribution is -2.04. The molecule has 0 aliphatic rings. The van der Waals surface area contributed by atoms with E-state index in [1.807, 2.05) is 36.4 Å². The minimum atomic E-state index is 0.687. The number of imidazole rings is 1. The van der Waals surface area contributed by atoms with Gasteiger partial charge in [0, 0.05) is 12.1 Å². The van der Waals surface area contributed by atoms with Crippen LogP contribution in [0.25, 0.3) is 33.2 Å². The molecule has 0 radical (unpaired) electrons. The Morgan fingerprint density at radius 1 is 0.774 bits per heavy atom. The third-order valence-electron chi connectivity index (χ3n) is 5.54. The Hall–Kier alpha value is -3.30. The molecule has 0 atom stereocenters. The number of rotatable bonds is 7. The van der Waals surface area contributed by atoms with Crippen molar-refractivity contribution in [3.8, 4) is 17.1 Å². The number of aromatic nitrogens is 2. The SMILES string of the molecule is Clc1ccccc1-c1nc2ccccc2n1CCCCOc1ccc2ccccc2c1. The molecule has 0 N–H and O–H groups in total. The van der Waals surface area contributed by atoms with Gasteiger partial charge in [0.2, 0.25) is 0 Å². The summed E-state index contributed by atoms with van der Waals surface area (Å²) < 4.78 is 8.28. The molecular formula is C27H23ClN2O. The quantitative estimate of drug-likeness (QED) is 0.254. The van der Waals surface area contributed by atoms with Gasteiger partial charge < -0.3 is 9.30 Å². The van der Waals surface area contributed by atoms with Gasteiger partial charge in [-0.15, -0.1) is 0 Å². The molecule has 5 rings (SSSR count). The van der Waals surface area contributed by atoms with Crippen molar-refractivity contribution in [1.29, 1.82) is 0 Å². The fourth-order valence-corrected chi connectivity index (χ4v) is 4.19. The van der Waals surface area contributed by atoms with E-state index < -0.39 is 0 Å². The number of fused-ring (bicyclic) bond motifs is 2. The highest BCUT2D eigenvalue weighted by atomic mass is 35.5. The molecule has 5 aromatic rings. The second-order valence-corrected chi connectivity index (χ2v) is 8.03. The van der Waals surface area contributed by atoms with Crippen LogP contribution in [0.4, 0.5) is 0 Å². The number of hydrogen-bond acceptors (Lipinski definition) is 2. The second kappa shape index (κ2) is 8.83. The lowest BCUT2D eigenvalue weighted by Gasteiger charge is -2.11. The van der Waals surface area contributed by atoms with Gasteiger partial charge in [-0.2, -0.15) is 0 Å². The molecule has 0 spiro atoms. The summed E-state index contributed by atoms with van der Waals surface area (Å²) in [5.41, 5.74) is 3.09. The highest BCUT2D eigenvalue weighted by molar-refractivity contribution is 6.33. The lowest BCUT2D eigenvalue weighted by atomic mass is 10.1. The van der Waals surface area contributed by atoms with Gasteiger partial charge in [-0.3, -0.25) is 0 Å². The summed E-state index contributed by atoms with van der Waals surface area (Å²) in [5.74, 6) is 1.84. The van der Waals surface area contributed by atoms with Gasteiger partial charge >= 0.3 is 0 Å². The van der Waals surface area contributed by atoms with Crippen molar-refractivity contribution in [2.75, 3.05) is 6.61 Å². The Morgan fingerprint density at radius 3 is 2.45 bits per heavy atom. The molecule has 31 heavy (non-hydrogen) atoms. The Labute approximate surface area is 186 Å². The largest absolute Gasteiger partial charge is 0.494 e. The van der Waals surface area contributed by atoms with Gasteiger partial charge in [0.15, 0.2) is 0 Å². The summed E-state index contributed by atoms with van der Waals surface area (Å²) in [6.07, 6.45) is 1.95. The number of nitrogens with zero attached hydrogens (tertiary/aromatic N) is 2. The van der Waals surface area contributed by atoms with Crippen LogP contribution in [0.3, 0.4) is 0 Å². The van der Waals surface area contributed by atoms with Crippen LogP contribution in [0.2, 0.25) is 5.02 Å². The van der Waals surface area contributed by atoms with Gasteiger partial charge in [0.05, 0.1) is 22.7 Å². The molecule has 0 amide bonds. The van der Waals surface area contributed by atoms with Crippen LogP contribution in [0.15, 0.2) is 91.0 Å². The van der Waals surface area contributed by atoms with Crippen LogP contribution in [-0.4, -0.2) is 16.2 Å². The fraction of sp³-hybridized carbons (Fsp3) is 0.148. The molecule has 1 aromatic heterocycles. The van der Waals surface area contributed by atoms with Gasteiger partial charge in [-0.25, -0.2) is 4.98 Å². The van der Waals surface area contributed by atoms with Crippen LogP contribution in [0.5, 0.6) is 5.75 Å². The van der Waals surface area contributed by atoms with Crippen LogP contribution in [0, 0.1) is 0 Å². The van der Waals surface area contributed by atoms with E-state index in [-0.39, 0.29) is 0 Å². The number of hydrogen-bond donors (Lipinski definition) is 0. The predicted molar refractivity (Wildman–Crippen MR) is 129 cm³/mol. The standard InChI is InChI=1S/C27H23ClN2O/c28-24-12-4-3-11-23(24)27-29-25-13-5-6-14-26(25)30(27)17-7-8-18-31-22-16-15-20-9-1-2-10-21(20)19-22/h1-6,9-16,19H,7-8,17-18H2. The van der Waals surface area contributed by atoms with E-state index in [0.29, 0.717) is 6.61 Å². The number of para-hydroxylation sites is 2. The third kappa shape index (κ3) is 4.14. The molecular weight excluding hydrogens is 404 g/mol. The predicted octanol–water partition coefficient (Wildman–Crippen LogP) is 7.37. The third-order valence-corrected chi connectivity index (χ3v) is 5.86. The number of aryl methyl sites for hydroxylation is 1. The van der Waals surface area contributed by atoms with Crippen LogP contribution >= 0.6 is 11.6 Å². The van der Waals surface area contributed by atoms with Crippen molar-refractivity contribution in [2.24, 2.45) is 0 Å². The van der Waals surface area contributed by atoms with E-state index in [1.54, 1.807) is 0 Å².